The van der Waals surface area contributed by atoms with E-state index in [0.29, 0.717) is 0 Å². The molecule has 0 amide bonds. The lowest BCUT2D eigenvalue weighted by Gasteiger charge is -1.95. The van der Waals surface area contributed by atoms with E-state index in [9.17, 15) is 0 Å². The lowest BCUT2D eigenvalue weighted by atomic mass is 10.1. The minimum atomic E-state index is 0.850. The molecule has 0 aliphatic rings. The molecule has 3 rings (SSSR count). The van der Waals surface area contributed by atoms with Crippen LogP contribution < -0.4 is 0 Å². The van der Waals surface area contributed by atoms with Crippen molar-refractivity contribution in [3.05, 3.63) is 47.0 Å². The normalized spacial score (nSPS) is 11.3. The molecular formula is C13H9ClS. The first-order chi connectivity index (χ1) is 7.25. The summed E-state index contributed by atoms with van der Waals surface area (Å²) in [5, 5.41) is 3.31. The molecule has 0 radical (unpaired) electrons. The molecule has 0 N–H and O–H groups in total. The van der Waals surface area contributed by atoms with Crippen molar-refractivity contribution in [1.82, 2.24) is 0 Å². The van der Waals surface area contributed by atoms with Crippen LogP contribution in [-0.4, -0.2) is 0 Å². The van der Waals surface area contributed by atoms with Gasteiger partial charge in [0.1, 0.15) is 0 Å². The Balaban J connectivity index is 2.59. The van der Waals surface area contributed by atoms with Crippen molar-refractivity contribution >= 4 is 43.1 Å². The molecule has 0 aliphatic carbocycles. The van der Waals surface area contributed by atoms with Crippen molar-refractivity contribution in [1.29, 1.82) is 0 Å². The molecular weight excluding hydrogens is 224 g/mol. The zero-order chi connectivity index (χ0) is 10.4. The fourth-order valence-electron chi connectivity index (χ4n) is 1.89. The Labute approximate surface area is 97.1 Å². The highest BCUT2D eigenvalue weighted by Crippen LogP contribution is 2.37. The number of rotatable bonds is 0. The predicted octanol–water partition coefficient (Wildman–Crippen LogP) is 5.02. The standard InChI is InChI=1S/C13H9ClS/c1-8-5-6-9-12(7-8)15-11-4-2-3-10(14)13(9)11/h2-7H,1H3. The highest BCUT2D eigenvalue weighted by Gasteiger charge is 2.07. The average Bonchev–Trinajstić information content (AvgIpc) is 2.56. The van der Waals surface area contributed by atoms with Crippen LogP contribution in [0.5, 0.6) is 0 Å². The van der Waals surface area contributed by atoms with Crippen LogP contribution >= 0.6 is 22.9 Å². The largest absolute Gasteiger partial charge is 0.135 e. The molecule has 1 heterocycles. The van der Waals surface area contributed by atoms with Gasteiger partial charge >= 0.3 is 0 Å². The smallest absolute Gasteiger partial charge is 0.0499 e. The Kier molecular flexibility index (Phi) is 1.98. The van der Waals surface area contributed by atoms with E-state index in [-0.39, 0.29) is 0 Å². The summed E-state index contributed by atoms with van der Waals surface area (Å²) in [6.45, 7) is 2.12. The molecule has 2 heteroatoms. The second kappa shape index (κ2) is 3.22. The summed E-state index contributed by atoms with van der Waals surface area (Å²) in [4.78, 5) is 0. The Morgan fingerprint density at radius 1 is 1.07 bits per heavy atom. The topological polar surface area (TPSA) is 0 Å². The van der Waals surface area contributed by atoms with Crippen LogP contribution in [-0.2, 0) is 0 Å². The second-order valence-corrected chi connectivity index (χ2v) is 5.21. The number of hydrogen-bond donors (Lipinski definition) is 0. The zero-order valence-electron chi connectivity index (χ0n) is 8.25. The van der Waals surface area contributed by atoms with Gasteiger partial charge in [-0.05, 0) is 30.7 Å². The lowest BCUT2D eigenvalue weighted by Crippen LogP contribution is -1.70. The minimum absolute atomic E-state index is 0.850. The van der Waals surface area contributed by atoms with Crippen LogP contribution in [0.1, 0.15) is 5.56 Å². The number of benzene rings is 2. The predicted molar refractivity (Wildman–Crippen MR) is 69.1 cm³/mol. The molecule has 3 aromatic rings. The third-order valence-electron chi connectivity index (χ3n) is 2.60. The van der Waals surface area contributed by atoms with Crippen molar-refractivity contribution in [3.63, 3.8) is 0 Å². The molecule has 0 aliphatic heterocycles. The summed E-state index contributed by atoms with van der Waals surface area (Å²) in [7, 11) is 0. The molecule has 0 unspecified atom stereocenters. The first kappa shape index (κ1) is 9.20. The van der Waals surface area contributed by atoms with Gasteiger partial charge in [-0.3, -0.25) is 0 Å². The van der Waals surface area contributed by atoms with Gasteiger partial charge in [0.05, 0.1) is 0 Å². The van der Waals surface area contributed by atoms with E-state index in [1.54, 1.807) is 11.3 Å². The molecule has 0 bridgehead atoms. The number of fused-ring (bicyclic) bond motifs is 3. The van der Waals surface area contributed by atoms with Crippen molar-refractivity contribution in [2.45, 2.75) is 6.92 Å². The quantitative estimate of drug-likeness (QED) is 0.511. The monoisotopic (exact) mass is 232 g/mol. The van der Waals surface area contributed by atoms with E-state index in [4.69, 9.17) is 11.6 Å². The summed E-state index contributed by atoms with van der Waals surface area (Å²) in [5.41, 5.74) is 1.30. The lowest BCUT2D eigenvalue weighted by molar-refractivity contribution is 1.52. The van der Waals surface area contributed by atoms with E-state index in [1.165, 1.54) is 25.7 Å². The van der Waals surface area contributed by atoms with Crippen molar-refractivity contribution in [2.75, 3.05) is 0 Å². The first-order valence-electron chi connectivity index (χ1n) is 4.83. The van der Waals surface area contributed by atoms with Crippen molar-refractivity contribution in [3.8, 4) is 0 Å². The van der Waals surface area contributed by atoms with Gasteiger partial charge in [0.15, 0.2) is 0 Å². The summed E-state index contributed by atoms with van der Waals surface area (Å²) in [6.07, 6.45) is 0. The van der Waals surface area contributed by atoms with E-state index >= 15 is 0 Å². The van der Waals surface area contributed by atoms with E-state index in [2.05, 4.69) is 31.2 Å². The molecule has 2 aromatic carbocycles. The van der Waals surface area contributed by atoms with Crippen LogP contribution in [0.4, 0.5) is 0 Å². The van der Waals surface area contributed by atoms with Gasteiger partial charge in [-0.15, -0.1) is 11.3 Å². The molecule has 0 saturated heterocycles. The number of aryl methyl sites for hydroxylation is 1. The molecule has 1 aromatic heterocycles. The summed E-state index contributed by atoms with van der Waals surface area (Å²) in [5.74, 6) is 0. The molecule has 0 spiro atoms. The first-order valence-corrected chi connectivity index (χ1v) is 6.02. The Bertz CT molecular complexity index is 652. The van der Waals surface area contributed by atoms with Gasteiger partial charge in [-0.1, -0.05) is 29.8 Å². The Morgan fingerprint density at radius 2 is 1.93 bits per heavy atom. The minimum Gasteiger partial charge on any atom is -0.135 e. The molecule has 15 heavy (non-hydrogen) atoms. The van der Waals surface area contributed by atoms with Crippen LogP contribution in [0.3, 0.4) is 0 Å². The number of hydrogen-bond acceptors (Lipinski definition) is 1. The van der Waals surface area contributed by atoms with Gasteiger partial charge in [-0.2, -0.15) is 0 Å². The van der Waals surface area contributed by atoms with Crippen LogP contribution in [0, 0.1) is 6.92 Å². The van der Waals surface area contributed by atoms with Crippen molar-refractivity contribution < 1.29 is 0 Å². The van der Waals surface area contributed by atoms with Crippen molar-refractivity contribution in [2.24, 2.45) is 0 Å². The molecule has 0 atom stereocenters. The van der Waals surface area contributed by atoms with Gasteiger partial charge in [0, 0.05) is 25.2 Å². The second-order valence-electron chi connectivity index (χ2n) is 3.71. The molecule has 74 valence electrons. The number of thiophene rings is 1. The zero-order valence-corrected chi connectivity index (χ0v) is 9.82. The molecule has 0 saturated carbocycles. The molecule has 0 nitrogen and oxygen atoms in total. The third-order valence-corrected chi connectivity index (χ3v) is 4.03. The third kappa shape index (κ3) is 1.35. The maximum absolute atomic E-state index is 6.22. The maximum Gasteiger partial charge on any atom is 0.0499 e. The summed E-state index contributed by atoms with van der Waals surface area (Å²) in [6, 6.07) is 12.6. The van der Waals surface area contributed by atoms with Crippen LogP contribution in [0.2, 0.25) is 5.02 Å². The highest BCUT2D eigenvalue weighted by atomic mass is 35.5. The van der Waals surface area contributed by atoms with Crippen LogP contribution in [0.15, 0.2) is 36.4 Å². The van der Waals surface area contributed by atoms with E-state index < -0.39 is 0 Å². The Hall–Kier alpha value is -1.05. The van der Waals surface area contributed by atoms with E-state index in [0.717, 1.165) is 5.02 Å². The molecule has 0 fully saturated rings. The maximum atomic E-state index is 6.22. The van der Waals surface area contributed by atoms with E-state index in [1.807, 2.05) is 12.1 Å². The van der Waals surface area contributed by atoms with Gasteiger partial charge in [0.2, 0.25) is 0 Å². The fourth-order valence-corrected chi connectivity index (χ4v) is 3.45. The average molecular weight is 233 g/mol. The SMILES string of the molecule is Cc1ccc2c(c1)sc1cccc(Cl)c12. The summed E-state index contributed by atoms with van der Waals surface area (Å²) < 4.78 is 2.58. The van der Waals surface area contributed by atoms with Gasteiger partial charge in [0.25, 0.3) is 0 Å². The Morgan fingerprint density at radius 3 is 2.80 bits per heavy atom. The van der Waals surface area contributed by atoms with Gasteiger partial charge < -0.3 is 0 Å². The van der Waals surface area contributed by atoms with Gasteiger partial charge in [-0.25, -0.2) is 0 Å². The van der Waals surface area contributed by atoms with Crippen LogP contribution in [0.25, 0.3) is 20.2 Å². The summed E-state index contributed by atoms with van der Waals surface area (Å²) >= 11 is 8.03. The highest BCUT2D eigenvalue weighted by molar-refractivity contribution is 7.26. The fraction of sp³-hybridized carbons (Fsp3) is 0.0769. The number of halogens is 1.